The Hall–Kier alpha value is -3.84. The van der Waals surface area contributed by atoms with Crippen molar-refractivity contribution in [1.82, 2.24) is 15.3 Å². The lowest BCUT2D eigenvalue weighted by molar-refractivity contribution is -0.126. The lowest BCUT2D eigenvalue weighted by Gasteiger charge is -2.18. The summed E-state index contributed by atoms with van der Waals surface area (Å²) in [5.74, 6) is 8.77. The zero-order chi connectivity index (χ0) is 24.9. The van der Waals surface area contributed by atoms with E-state index in [4.69, 9.17) is 4.74 Å². The number of amides is 1. The summed E-state index contributed by atoms with van der Waals surface area (Å²) in [7, 11) is -2.46. The van der Waals surface area contributed by atoms with Crippen LogP contribution < -0.4 is 20.1 Å². The molecule has 0 saturated heterocycles. The van der Waals surface area contributed by atoms with Gasteiger partial charge in [0.25, 0.3) is 5.91 Å². The van der Waals surface area contributed by atoms with Crippen molar-refractivity contribution in [2.75, 3.05) is 22.8 Å². The molecule has 3 N–H and O–H groups in total. The number of fused-ring (bicyclic) bond motifs is 1. The molecule has 178 valence electrons. The fourth-order valence-corrected chi connectivity index (χ4v) is 3.84. The molecule has 0 bridgehead atoms. The van der Waals surface area contributed by atoms with Gasteiger partial charge in [0.1, 0.15) is 23.7 Å². The normalized spacial score (nSPS) is 13.2. The molecule has 0 aliphatic carbocycles. The fraction of sp³-hybridized carbons (Fsp3) is 0.250. The predicted molar refractivity (Wildman–Crippen MR) is 135 cm³/mol. The number of halogens is 1. The molecule has 2 atom stereocenters. The molecule has 1 heterocycles. The molecule has 0 saturated carbocycles. The first-order valence-electron chi connectivity index (χ1n) is 10.3. The summed E-state index contributed by atoms with van der Waals surface area (Å²) in [4.78, 5) is 20.9. The van der Waals surface area contributed by atoms with Crippen LogP contribution in [0.1, 0.15) is 19.4 Å². The van der Waals surface area contributed by atoms with Crippen LogP contribution >= 0.6 is 0 Å². The van der Waals surface area contributed by atoms with Gasteiger partial charge >= 0.3 is 0 Å². The number of nitrogens with one attached hydrogen (secondary N) is 3. The Morgan fingerprint density at radius 3 is 2.76 bits per heavy atom. The highest BCUT2D eigenvalue weighted by Gasteiger charge is 2.18. The molecule has 34 heavy (non-hydrogen) atoms. The van der Waals surface area contributed by atoms with Crippen molar-refractivity contribution in [3.05, 3.63) is 48.0 Å². The number of aromatic nitrogens is 2. The van der Waals surface area contributed by atoms with E-state index in [0.717, 1.165) is 10.9 Å². The first kappa shape index (κ1) is 24.8. The smallest absolute Gasteiger partial charge is 0.261 e. The van der Waals surface area contributed by atoms with E-state index in [1.54, 1.807) is 19.9 Å². The summed E-state index contributed by atoms with van der Waals surface area (Å²) >= 11 is 0. The molecule has 1 unspecified atom stereocenters. The van der Waals surface area contributed by atoms with Gasteiger partial charge in [0.2, 0.25) is 0 Å². The third kappa shape index (κ3) is 6.36. The molecular weight excluding hydrogens is 457 g/mol. The van der Waals surface area contributed by atoms with Gasteiger partial charge < -0.3 is 20.1 Å². The minimum Gasteiger partial charge on any atom is -0.479 e. The minimum atomic E-state index is -2.46. The van der Waals surface area contributed by atoms with Crippen molar-refractivity contribution in [3.63, 3.8) is 0 Å². The Morgan fingerprint density at radius 2 is 2.06 bits per heavy atom. The van der Waals surface area contributed by atoms with Gasteiger partial charge in [0, 0.05) is 33.1 Å². The van der Waals surface area contributed by atoms with Crippen molar-refractivity contribution >= 4 is 49.6 Å². The molecule has 0 fully saturated rings. The Balaban J connectivity index is 1.93. The molecule has 0 aliphatic rings. The summed E-state index contributed by atoms with van der Waals surface area (Å²) < 4.78 is 34.7. The Labute approximate surface area is 198 Å². The molecule has 0 aliphatic heterocycles. The van der Waals surface area contributed by atoms with Gasteiger partial charge in [0.05, 0.1) is 17.7 Å². The fourth-order valence-electron chi connectivity index (χ4n) is 3.23. The number of carbonyl (C=O) groups is 1. The first-order valence-corrected chi connectivity index (χ1v) is 12.5. The van der Waals surface area contributed by atoms with E-state index in [-0.39, 0.29) is 18.2 Å². The average molecular weight is 484 g/mol. The third-order valence-corrected chi connectivity index (χ3v) is 5.33. The highest BCUT2D eigenvalue weighted by molar-refractivity contribution is 8.00. The average Bonchev–Trinajstić information content (AvgIpc) is 2.74. The summed E-state index contributed by atoms with van der Waals surface area (Å²) in [6, 6.07) is 7.55. The minimum absolute atomic E-state index is 0.148. The zero-order valence-electron chi connectivity index (χ0n) is 19.4. The summed E-state index contributed by atoms with van der Waals surface area (Å²) in [5.41, 5.74) is 2.47. The Morgan fingerprint density at radius 1 is 1.29 bits per heavy atom. The second-order valence-corrected chi connectivity index (χ2v) is 9.90. The van der Waals surface area contributed by atoms with E-state index in [2.05, 4.69) is 43.0 Å². The van der Waals surface area contributed by atoms with E-state index >= 15 is 0 Å². The van der Waals surface area contributed by atoms with E-state index in [1.165, 1.54) is 30.8 Å². The molecule has 3 aromatic rings. The number of hydrogen-bond donors (Lipinski definition) is 3. The van der Waals surface area contributed by atoms with E-state index in [0.29, 0.717) is 22.7 Å². The molecule has 1 aromatic heterocycles. The van der Waals surface area contributed by atoms with E-state index in [1.807, 2.05) is 13.0 Å². The Kier molecular flexibility index (Phi) is 7.58. The van der Waals surface area contributed by atoms with Gasteiger partial charge in [-0.1, -0.05) is 5.92 Å². The highest BCUT2D eigenvalue weighted by Crippen LogP contribution is 2.33. The van der Waals surface area contributed by atoms with Crippen LogP contribution in [0.4, 0.5) is 21.6 Å². The van der Waals surface area contributed by atoms with Crippen molar-refractivity contribution in [1.29, 1.82) is 0 Å². The molecular formula is C24H26FN5O3S. The van der Waals surface area contributed by atoms with Crippen LogP contribution in [0, 0.1) is 24.6 Å². The second kappa shape index (κ2) is 10.4. The summed E-state index contributed by atoms with van der Waals surface area (Å²) in [5, 5.41) is 6.52. The number of rotatable bonds is 8. The summed E-state index contributed by atoms with van der Waals surface area (Å²) in [6.07, 6.45) is 2.01. The van der Waals surface area contributed by atoms with Crippen molar-refractivity contribution in [2.45, 2.75) is 26.9 Å². The van der Waals surface area contributed by atoms with Gasteiger partial charge in [-0.05, 0) is 56.5 Å². The van der Waals surface area contributed by atoms with Crippen LogP contribution in [-0.2, 0) is 14.5 Å². The van der Waals surface area contributed by atoms with Crippen LogP contribution in [0.15, 0.2) is 36.7 Å². The third-order valence-electron chi connectivity index (χ3n) is 4.67. The molecule has 0 radical (unpaired) electrons. The number of nitrogens with zero attached hydrogens (tertiary/aromatic N) is 2. The quantitative estimate of drug-likeness (QED) is 0.335. The largest absolute Gasteiger partial charge is 0.479 e. The maximum Gasteiger partial charge on any atom is 0.261 e. The lowest BCUT2D eigenvalue weighted by Crippen LogP contribution is -2.36. The van der Waals surface area contributed by atoms with Crippen molar-refractivity contribution in [3.8, 4) is 17.6 Å². The van der Waals surface area contributed by atoms with Crippen LogP contribution in [0.25, 0.3) is 10.9 Å². The van der Waals surface area contributed by atoms with Crippen LogP contribution in [0.5, 0.6) is 5.75 Å². The number of ether oxygens (including phenoxy) is 1. The van der Waals surface area contributed by atoms with Crippen LogP contribution in [0.3, 0.4) is 0 Å². The van der Waals surface area contributed by atoms with Gasteiger partial charge in [-0.2, -0.15) is 0 Å². The number of carbonyl (C=O) groups excluding carboxylic acids is 1. The molecule has 0 spiro atoms. The lowest BCUT2D eigenvalue weighted by atomic mass is 10.1. The maximum absolute atomic E-state index is 14.0. The van der Waals surface area contributed by atoms with Crippen molar-refractivity contribution in [2.24, 2.45) is 0 Å². The predicted octanol–water partition coefficient (Wildman–Crippen LogP) is 3.40. The highest BCUT2D eigenvalue weighted by atomic mass is 32.2. The molecule has 8 nitrogen and oxygen atoms in total. The maximum atomic E-state index is 14.0. The SMILES string of the molecule is C=S(C)(=O)Nc1cc(C)c2c(Nc3ccc(F)cc3O[C@H](C)C(=O)NCC#CC)ncnc2c1. The standard InChI is InChI=1S/C24H26FN5O3S/c1-6-7-10-26-24(31)16(3)33-21-12-17(25)8-9-19(21)29-23-22-15(2)11-18(30-34(4,5)32)13-20(22)27-14-28-23/h8-9,11-14,16H,4,10H2,1-3,5H3,(H,26,31)(H,30,32)(H,27,28,29)/t16-,34?/m1/s1. The van der Waals surface area contributed by atoms with Crippen LogP contribution in [0.2, 0.25) is 0 Å². The summed E-state index contributed by atoms with van der Waals surface area (Å²) in [6.45, 7) is 5.31. The molecule has 3 rings (SSSR count). The molecule has 2 aromatic carbocycles. The van der Waals surface area contributed by atoms with Crippen molar-refractivity contribution < 1.29 is 18.1 Å². The van der Waals surface area contributed by atoms with E-state index in [9.17, 15) is 13.4 Å². The Bertz CT molecular complexity index is 1400. The zero-order valence-corrected chi connectivity index (χ0v) is 20.2. The molecule has 10 heteroatoms. The van der Waals surface area contributed by atoms with Crippen LogP contribution in [-0.4, -0.2) is 44.9 Å². The number of aryl methyl sites for hydroxylation is 1. The number of anilines is 3. The van der Waals surface area contributed by atoms with Gasteiger partial charge in [-0.25, -0.2) is 18.6 Å². The van der Waals surface area contributed by atoms with Gasteiger partial charge in [0.15, 0.2) is 6.10 Å². The number of benzene rings is 2. The first-order chi connectivity index (χ1) is 16.1. The topological polar surface area (TPSA) is 105 Å². The molecule has 1 amide bonds. The monoisotopic (exact) mass is 483 g/mol. The van der Waals surface area contributed by atoms with Gasteiger partial charge in [-0.3, -0.25) is 4.79 Å². The van der Waals surface area contributed by atoms with E-state index < -0.39 is 21.6 Å². The second-order valence-electron chi connectivity index (χ2n) is 7.69. The van der Waals surface area contributed by atoms with Gasteiger partial charge in [-0.15, -0.1) is 5.92 Å². The number of hydrogen-bond acceptors (Lipinski definition) is 6.